The molecule has 1 atom stereocenters. The highest BCUT2D eigenvalue weighted by atomic mass is 16.5. The lowest BCUT2D eigenvalue weighted by molar-refractivity contribution is -0.143. The molecule has 0 saturated heterocycles. The quantitative estimate of drug-likeness (QED) is 0.369. The van der Waals surface area contributed by atoms with Crippen molar-refractivity contribution in [1.82, 2.24) is 0 Å². The van der Waals surface area contributed by atoms with Gasteiger partial charge in [0.2, 0.25) is 0 Å². The summed E-state index contributed by atoms with van der Waals surface area (Å²) in [7, 11) is 0. The van der Waals surface area contributed by atoms with Gasteiger partial charge in [-0.3, -0.25) is 9.59 Å². The third kappa shape index (κ3) is 4.85. The molecule has 1 unspecified atom stereocenters. The Kier molecular flexibility index (Phi) is 6.06. The Hall–Kier alpha value is -2.62. The van der Waals surface area contributed by atoms with Crippen molar-refractivity contribution in [3.05, 3.63) is 57.6 Å². The first-order chi connectivity index (χ1) is 14.9. The molecule has 3 rings (SSSR count). The molecule has 0 radical (unpaired) electrons. The summed E-state index contributed by atoms with van der Waals surface area (Å²) >= 11 is 0. The zero-order chi connectivity index (χ0) is 25.1. The van der Waals surface area contributed by atoms with Gasteiger partial charge in [0.15, 0.2) is 0 Å². The van der Waals surface area contributed by atoms with Gasteiger partial charge in [-0.1, -0.05) is 76.9 Å². The molecule has 33 heavy (non-hydrogen) atoms. The first-order valence-electron chi connectivity index (χ1n) is 11.7. The minimum atomic E-state index is -0.679. The van der Waals surface area contributed by atoms with Crippen molar-refractivity contribution in [2.24, 2.45) is 5.41 Å². The van der Waals surface area contributed by atoms with E-state index in [4.69, 9.17) is 9.47 Å². The Morgan fingerprint density at radius 3 is 1.76 bits per heavy atom. The number of rotatable bonds is 2. The van der Waals surface area contributed by atoms with E-state index in [1.165, 1.54) is 0 Å². The van der Waals surface area contributed by atoms with Crippen LogP contribution in [0.1, 0.15) is 102 Å². The van der Waals surface area contributed by atoms with E-state index < -0.39 is 11.3 Å². The summed E-state index contributed by atoms with van der Waals surface area (Å²) in [4.78, 5) is 26.4. The molecule has 0 amide bonds. The molecule has 0 fully saturated rings. The smallest absolute Gasteiger partial charge is 0.323 e. The third-order valence-electron chi connectivity index (χ3n) is 6.01. The van der Waals surface area contributed by atoms with Crippen LogP contribution in [0, 0.1) is 19.3 Å². The van der Waals surface area contributed by atoms with E-state index in [0.29, 0.717) is 17.1 Å². The number of carbonyl (C=O) groups is 2. The maximum absolute atomic E-state index is 13.4. The molecule has 2 aromatic carbocycles. The monoisotopic (exact) mass is 450 g/mol. The van der Waals surface area contributed by atoms with Gasteiger partial charge in [-0.2, -0.15) is 0 Å². The molecule has 178 valence electrons. The molecule has 4 heteroatoms. The molecular weight excluding hydrogens is 412 g/mol. The zero-order valence-electron chi connectivity index (χ0n) is 22.0. The summed E-state index contributed by atoms with van der Waals surface area (Å²) in [5.41, 5.74) is 4.36. The molecule has 1 aliphatic heterocycles. The molecule has 1 aliphatic rings. The predicted molar refractivity (Wildman–Crippen MR) is 132 cm³/mol. The Morgan fingerprint density at radius 1 is 0.788 bits per heavy atom. The number of benzene rings is 2. The van der Waals surface area contributed by atoms with E-state index in [9.17, 15) is 9.59 Å². The molecule has 2 aromatic rings. The van der Waals surface area contributed by atoms with Crippen molar-refractivity contribution in [3.63, 3.8) is 0 Å². The van der Waals surface area contributed by atoms with Gasteiger partial charge in [0.1, 0.15) is 17.4 Å². The van der Waals surface area contributed by atoms with Crippen molar-refractivity contribution in [3.8, 4) is 11.5 Å². The minimum absolute atomic E-state index is 0.185. The fourth-order valence-corrected chi connectivity index (χ4v) is 4.20. The Bertz CT molecular complexity index is 1120. The summed E-state index contributed by atoms with van der Waals surface area (Å²) in [6, 6.07) is 8.12. The van der Waals surface area contributed by atoms with Gasteiger partial charge in [-0.25, -0.2) is 0 Å². The van der Waals surface area contributed by atoms with Crippen LogP contribution in [0.4, 0.5) is 0 Å². The molecule has 0 bridgehead atoms. The maximum atomic E-state index is 13.4. The van der Waals surface area contributed by atoms with Gasteiger partial charge in [-0.05, 0) is 45.4 Å². The second-order valence-electron chi connectivity index (χ2n) is 12.5. The van der Waals surface area contributed by atoms with E-state index in [1.807, 2.05) is 52.8 Å². The van der Waals surface area contributed by atoms with Crippen LogP contribution in [0.15, 0.2) is 24.3 Å². The fraction of sp³-hybridized carbons (Fsp3) is 0.517. The van der Waals surface area contributed by atoms with Crippen molar-refractivity contribution in [2.75, 3.05) is 0 Å². The molecule has 0 spiro atoms. The first kappa shape index (κ1) is 25.0. The van der Waals surface area contributed by atoms with Crippen LogP contribution in [0.25, 0.3) is 0 Å². The molecule has 0 aromatic heterocycles. The Balaban J connectivity index is 2.33. The highest BCUT2D eigenvalue weighted by Gasteiger charge is 2.41. The largest absolute Gasteiger partial charge is 0.425 e. The third-order valence-corrected chi connectivity index (χ3v) is 6.01. The predicted octanol–water partition coefficient (Wildman–Crippen LogP) is 6.90. The number of hydrogen-bond acceptors (Lipinski definition) is 4. The SMILES string of the molecule is Cc1cc2c(c(C(C)(C)C)c1)OC(=O)C2c1cc(C)cc(C(C)(C)C)c1OC(=O)C(C)(C)C. The summed E-state index contributed by atoms with van der Waals surface area (Å²) in [6.45, 7) is 22.1. The van der Waals surface area contributed by atoms with E-state index in [2.05, 4.69) is 47.6 Å². The molecule has 0 saturated carbocycles. The summed E-state index contributed by atoms with van der Waals surface area (Å²) < 4.78 is 12.0. The van der Waals surface area contributed by atoms with E-state index >= 15 is 0 Å². The highest BCUT2D eigenvalue weighted by molar-refractivity contribution is 5.92. The minimum Gasteiger partial charge on any atom is -0.425 e. The maximum Gasteiger partial charge on any atom is 0.323 e. The molecule has 0 N–H and O–H groups in total. The van der Waals surface area contributed by atoms with Gasteiger partial charge in [-0.15, -0.1) is 0 Å². The van der Waals surface area contributed by atoms with Gasteiger partial charge < -0.3 is 9.47 Å². The topological polar surface area (TPSA) is 52.6 Å². The molecule has 0 aliphatic carbocycles. The number of ether oxygens (including phenoxy) is 2. The summed E-state index contributed by atoms with van der Waals surface area (Å²) in [6.07, 6.45) is 0. The van der Waals surface area contributed by atoms with Crippen LogP contribution >= 0.6 is 0 Å². The van der Waals surface area contributed by atoms with Crippen LogP contribution < -0.4 is 9.47 Å². The second kappa shape index (κ2) is 8.00. The van der Waals surface area contributed by atoms with Gasteiger partial charge in [0, 0.05) is 22.3 Å². The Labute approximate surface area is 198 Å². The standard InChI is InChI=1S/C29H38O4/c1-16-12-18-22(25(30)32-23(18)20(14-16)27(3,4)5)19-13-17(2)15-21(28(6,7)8)24(19)33-26(31)29(9,10)11/h12-15,22H,1-11H3. The molecule has 1 heterocycles. The van der Waals surface area contributed by atoms with Crippen LogP contribution in [-0.2, 0) is 20.4 Å². The lowest BCUT2D eigenvalue weighted by atomic mass is 9.79. The zero-order valence-corrected chi connectivity index (χ0v) is 22.0. The average molecular weight is 451 g/mol. The Morgan fingerprint density at radius 2 is 1.27 bits per heavy atom. The van der Waals surface area contributed by atoms with Crippen molar-refractivity contribution < 1.29 is 19.1 Å². The van der Waals surface area contributed by atoms with E-state index in [1.54, 1.807) is 0 Å². The number of hydrogen-bond donors (Lipinski definition) is 0. The number of carbonyl (C=O) groups excluding carboxylic acids is 2. The van der Waals surface area contributed by atoms with Crippen LogP contribution in [0.3, 0.4) is 0 Å². The number of aryl methyl sites for hydroxylation is 2. The van der Waals surface area contributed by atoms with Gasteiger partial charge in [0.05, 0.1) is 5.41 Å². The molecular formula is C29H38O4. The van der Waals surface area contributed by atoms with Crippen LogP contribution in [0.5, 0.6) is 11.5 Å². The van der Waals surface area contributed by atoms with Crippen molar-refractivity contribution in [1.29, 1.82) is 0 Å². The van der Waals surface area contributed by atoms with Crippen LogP contribution in [0.2, 0.25) is 0 Å². The van der Waals surface area contributed by atoms with Crippen LogP contribution in [-0.4, -0.2) is 11.9 Å². The second-order valence-corrected chi connectivity index (χ2v) is 12.5. The van der Waals surface area contributed by atoms with E-state index in [0.717, 1.165) is 27.8 Å². The average Bonchev–Trinajstić information content (AvgIpc) is 2.94. The fourth-order valence-electron chi connectivity index (χ4n) is 4.20. The highest BCUT2D eigenvalue weighted by Crippen LogP contribution is 2.49. The molecule has 4 nitrogen and oxygen atoms in total. The lowest BCUT2D eigenvalue weighted by Crippen LogP contribution is -2.28. The van der Waals surface area contributed by atoms with Gasteiger partial charge >= 0.3 is 11.9 Å². The van der Waals surface area contributed by atoms with E-state index in [-0.39, 0.29) is 22.8 Å². The summed E-state index contributed by atoms with van der Waals surface area (Å²) in [5, 5.41) is 0. The van der Waals surface area contributed by atoms with Crippen molar-refractivity contribution in [2.45, 2.75) is 92.9 Å². The van der Waals surface area contributed by atoms with Gasteiger partial charge in [0.25, 0.3) is 0 Å². The summed E-state index contributed by atoms with van der Waals surface area (Å²) in [5.74, 6) is -0.203. The normalized spacial score (nSPS) is 16.5. The number of fused-ring (bicyclic) bond motifs is 1. The first-order valence-corrected chi connectivity index (χ1v) is 11.7. The lowest BCUT2D eigenvalue weighted by Gasteiger charge is -2.28. The number of esters is 2. The van der Waals surface area contributed by atoms with Crippen molar-refractivity contribution >= 4 is 11.9 Å².